The van der Waals surface area contributed by atoms with Crippen molar-refractivity contribution < 1.29 is 0 Å². The normalized spacial score (nSPS) is 10.6. The van der Waals surface area contributed by atoms with Gasteiger partial charge < -0.3 is 5.32 Å². The van der Waals surface area contributed by atoms with E-state index in [0.29, 0.717) is 0 Å². The van der Waals surface area contributed by atoms with Crippen molar-refractivity contribution in [3.05, 3.63) is 65.7 Å². The van der Waals surface area contributed by atoms with E-state index in [-0.39, 0.29) is 0 Å². The van der Waals surface area contributed by atoms with Crippen molar-refractivity contribution in [1.82, 2.24) is 5.32 Å². The minimum absolute atomic E-state index is 0.962. The Balaban J connectivity index is 1.82. The second-order valence-electron chi connectivity index (χ2n) is 4.51. The quantitative estimate of drug-likeness (QED) is 0.760. The Morgan fingerprint density at radius 2 is 1.74 bits per heavy atom. The number of aryl methyl sites for hydroxylation is 1. The molecule has 0 atom stereocenters. The summed E-state index contributed by atoms with van der Waals surface area (Å²) in [6, 6.07) is 19.5. The van der Waals surface area contributed by atoms with E-state index in [1.54, 1.807) is 0 Å². The molecule has 1 nitrogen and oxygen atoms in total. The first-order valence-corrected chi connectivity index (χ1v) is 7.83. The Hall–Kier alpha value is -1.25. The Labute approximate surface area is 120 Å². The van der Waals surface area contributed by atoms with Gasteiger partial charge in [-0.1, -0.05) is 49.4 Å². The lowest BCUT2D eigenvalue weighted by Crippen LogP contribution is -2.11. The van der Waals surface area contributed by atoms with Crippen LogP contribution < -0.4 is 5.32 Å². The minimum Gasteiger partial charge on any atom is -0.313 e. The van der Waals surface area contributed by atoms with Crippen LogP contribution in [0.25, 0.3) is 0 Å². The van der Waals surface area contributed by atoms with Crippen molar-refractivity contribution in [1.29, 1.82) is 0 Å². The maximum atomic E-state index is 3.36. The summed E-state index contributed by atoms with van der Waals surface area (Å²) in [7, 11) is 0. The van der Waals surface area contributed by atoms with Crippen molar-refractivity contribution in [2.75, 3.05) is 12.3 Å². The highest BCUT2D eigenvalue weighted by molar-refractivity contribution is 7.99. The van der Waals surface area contributed by atoms with Gasteiger partial charge in [0.05, 0.1) is 0 Å². The molecule has 0 aliphatic heterocycles. The zero-order valence-electron chi connectivity index (χ0n) is 11.4. The van der Waals surface area contributed by atoms with E-state index in [1.165, 1.54) is 16.0 Å². The van der Waals surface area contributed by atoms with Gasteiger partial charge in [-0.15, -0.1) is 11.8 Å². The molecule has 2 aromatic carbocycles. The van der Waals surface area contributed by atoms with Crippen molar-refractivity contribution in [2.24, 2.45) is 0 Å². The lowest BCUT2D eigenvalue weighted by Gasteiger charge is -2.06. The lowest BCUT2D eigenvalue weighted by molar-refractivity contribution is 0.725. The van der Waals surface area contributed by atoms with Crippen LogP contribution in [0.15, 0.2) is 59.5 Å². The third-order valence-electron chi connectivity index (χ3n) is 2.98. The second kappa shape index (κ2) is 8.03. The predicted molar refractivity (Wildman–Crippen MR) is 84.7 cm³/mol. The Kier molecular flexibility index (Phi) is 5.99. The zero-order chi connectivity index (χ0) is 13.3. The molecule has 0 aliphatic rings. The largest absolute Gasteiger partial charge is 0.313 e. The summed E-state index contributed by atoms with van der Waals surface area (Å²) in [6.45, 7) is 4.12. The molecule has 1 N–H and O–H groups in total. The summed E-state index contributed by atoms with van der Waals surface area (Å²) in [4.78, 5) is 1.37. The van der Waals surface area contributed by atoms with Gasteiger partial charge in [0.25, 0.3) is 0 Å². The van der Waals surface area contributed by atoms with Crippen molar-refractivity contribution >= 4 is 11.8 Å². The van der Waals surface area contributed by atoms with Crippen molar-refractivity contribution in [3.63, 3.8) is 0 Å². The average Bonchev–Trinajstić information content (AvgIpc) is 2.47. The van der Waals surface area contributed by atoms with E-state index < -0.39 is 0 Å². The molecular weight excluding hydrogens is 250 g/mol. The highest BCUT2D eigenvalue weighted by Gasteiger charge is 1.98. The standard InChI is InChI=1S/C17H21NS/c1-2-18-14-16-9-6-10-17(13-16)19-12-11-15-7-4-3-5-8-15/h3-10,13,18H,2,11-12,14H2,1H3. The van der Waals surface area contributed by atoms with Crippen LogP contribution in [0.3, 0.4) is 0 Å². The van der Waals surface area contributed by atoms with Gasteiger partial charge in [0, 0.05) is 17.2 Å². The summed E-state index contributed by atoms with van der Waals surface area (Å²) in [5, 5.41) is 3.36. The summed E-state index contributed by atoms with van der Waals surface area (Å²) >= 11 is 1.94. The molecule has 0 amide bonds. The minimum atomic E-state index is 0.962. The molecule has 0 aromatic heterocycles. The van der Waals surface area contributed by atoms with Gasteiger partial charge >= 0.3 is 0 Å². The van der Waals surface area contributed by atoms with Crippen LogP contribution >= 0.6 is 11.8 Å². The van der Waals surface area contributed by atoms with Gasteiger partial charge in [-0.25, -0.2) is 0 Å². The van der Waals surface area contributed by atoms with Crippen LogP contribution in [-0.2, 0) is 13.0 Å². The van der Waals surface area contributed by atoms with E-state index in [0.717, 1.165) is 25.3 Å². The van der Waals surface area contributed by atoms with Gasteiger partial charge in [0.1, 0.15) is 0 Å². The lowest BCUT2D eigenvalue weighted by atomic mass is 10.2. The molecule has 2 heteroatoms. The third kappa shape index (κ3) is 5.09. The first kappa shape index (κ1) is 14.2. The average molecular weight is 271 g/mol. The van der Waals surface area contributed by atoms with Crippen LogP contribution in [0.2, 0.25) is 0 Å². The van der Waals surface area contributed by atoms with E-state index in [1.807, 2.05) is 11.8 Å². The molecule has 0 radical (unpaired) electrons. The molecule has 0 saturated heterocycles. The van der Waals surface area contributed by atoms with E-state index in [4.69, 9.17) is 0 Å². The number of thioether (sulfide) groups is 1. The van der Waals surface area contributed by atoms with E-state index >= 15 is 0 Å². The van der Waals surface area contributed by atoms with Gasteiger partial charge in [0.2, 0.25) is 0 Å². The molecular formula is C17H21NS. The van der Waals surface area contributed by atoms with Gasteiger partial charge in [-0.05, 0) is 36.2 Å². The molecule has 0 saturated carbocycles. The van der Waals surface area contributed by atoms with Crippen LogP contribution in [0.1, 0.15) is 18.1 Å². The molecule has 0 heterocycles. The number of hydrogen-bond acceptors (Lipinski definition) is 2. The smallest absolute Gasteiger partial charge is 0.0205 e. The summed E-state index contributed by atoms with van der Waals surface area (Å²) in [5.41, 5.74) is 2.78. The topological polar surface area (TPSA) is 12.0 Å². The number of benzene rings is 2. The molecule has 2 rings (SSSR count). The molecule has 2 aromatic rings. The fourth-order valence-corrected chi connectivity index (χ4v) is 2.93. The monoisotopic (exact) mass is 271 g/mol. The van der Waals surface area contributed by atoms with E-state index in [2.05, 4.69) is 66.8 Å². The van der Waals surface area contributed by atoms with Gasteiger partial charge in [-0.3, -0.25) is 0 Å². The molecule has 19 heavy (non-hydrogen) atoms. The third-order valence-corrected chi connectivity index (χ3v) is 3.98. The first-order chi connectivity index (χ1) is 9.38. The number of rotatable bonds is 7. The van der Waals surface area contributed by atoms with E-state index in [9.17, 15) is 0 Å². The number of hydrogen-bond donors (Lipinski definition) is 1. The maximum Gasteiger partial charge on any atom is 0.0205 e. The Morgan fingerprint density at radius 3 is 2.53 bits per heavy atom. The predicted octanol–water partition coefficient (Wildman–Crippen LogP) is 4.13. The fraction of sp³-hybridized carbons (Fsp3) is 0.294. The highest BCUT2D eigenvalue weighted by Crippen LogP contribution is 2.20. The van der Waals surface area contributed by atoms with Crippen LogP contribution in [0.4, 0.5) is 0 Å². The highest BCUT2D eigenvalue weighted by atomic mass is 32.2. The molecule has 100 valence electrons. The zero-order valence-corrected chi connectivity index (χ0v) is 12.2. The van der Waals surface area contributed by atoms with Crippen molar-refractivity contribution in [3.8, 4) is 0 Å². The maximum absolute atomic E-state index is 3.36. The van der Waals surface area contributed by atoms with Crippen LogP contribution in [-0.4, -0.2) is 12.3 Å². The van der Waals surface area contributed by atoms with Crippen molar-refractivity contribution in [2.45, 2.75) is 24.8 Å². The fourth-order valence-electron chi connectivity index (χ4n) is 1.95. The molecule has 0 unspecified atom stereocenters. The van der Waals surface area contributed by atoms with Crippen LogP contribution in [0.5, 0.6) is 0 Å². The molecule has 0 spiro atoms. The molecule has 0 fully saturated rings. The SMILES string of the molecule is CCNCc1cccc(SCCc2ccccc2)c1. The summed E-state index contributed by atoms with van der Waals surface area (Å²) in [6.07, 6.45) is 1.13. The first-order valence-electron chi connectivity index (χ1n) is 6.85. The van der Waals surface area contributed by atoms with Gasteiger partial charge in [-0.2, -0.15) is 0 Å². The second-order valence-corrected chi connectivity index (χ2v) is 5.68. The summed E-state index contributed by atoms with van der Waals surface area (Å²) in [5.74, 6) is 1.13. The Morgan fingerprint density at radius 1 is 0.947 bits per heavy atom. The summed E-state index contributed by atoms with van der Waals surface area (Å²) < 4.78 is 0. The molecule has 0 bridgehead atoms. The number of nitrogens with one attached hydrogen (secondary N) is 1. The molecule has 0 aliphatic carbocycles. The van der Waals surface area contributed by atoms with Gasteiger partial charge in [0.15, 0.2) is 0 Å². The van der Waals surface area contributed by atoms with Crippen LogP contribution in [0, 0.1) is 0 Å². The Bertz CT molecular complexity index is 482.